The Morgan fingerprint density at radius 1 is 0.680 bits per heavy atom. The molecule has 2 aromatic carbocycles. The Morgan fingerprint density at radius 2 is 1.08 bits per heavy atom. The number of benzene rings is 2. The molecule has 0 aromatic heterocycles. The summed E-state index contributed by atoms with van der Waals surface area (Å²) in [5.74, 6) is -1.36. The highest BCUT2D eigenvalue weighted by molar-refractivity contribution is 5.90. The molecule has 0 saturated heterocycles. The van der Waals surface area contributed by atoms with E-state index in [1.54, 1.807) is 0 Å². The zero-order valence-electron chi connectivity index (χ0n) is 13.9. The van der Waals surface area contributed by atoms with Crippen LogP contribution in [0, 0.1) is 0 Å². The molecule has 0 aliphatic rings. The average Bonchev–Trinajstić information content (AvgIpc) is 2.64. The number of carbonyl (C=O) groups is 2. The van der Waals surface area contributed by atoms with Gasteiger partial charge in [0.25, 0.3) is 0 Å². The van der Waals surface area contributed by atoms with Crippen LogP contribution in [0.4, 0.5) is 0 Å². The molecule has 0 aliphatic carbocycles. The highest BCUT2D eigenvalue weighted by atomic mass is 16.7. The van der Waals surface area contributed by atoms with Crippen molar-refractivity contribution in [2.45, 2.75) is 19.3 Å². The van der Waals surface area contributed by atoms with Gasteiger partial charge in [0.15, 0.2) is 0 Å². The summed E-state index contributed by atoms with van der Waals surface area (Å²) >= 11 is 0. The maximum absolute atomic E-state index is 11.5. The van der Waals surface area contributed by atoms with Gasteiger partial charge in [0.2, 0.25) is 0 Å². The molecule has 2 rings (SSSR count). The maximum Gasteiger partial charge on any atom is 0.335 e. The predicted molar refractivity (Wildman–Crippen MR) is 93.1 cm³/mol. The molecule has 132 valence electrons. The van der Waals surface area contributed by atoms with E-state index in [9.17, 15) is 9.59 Å². The fraction of sp³-hybridized carbons (Fsp3) is 0.263. The van der Waals surface area contributed by atoms with Crippen molar-refractivity contribution in [1.82, 2.24) is 11.0 Å². The molecule has 25 heavy (non-hydrogen) atoms. The summed E-state index contributed by atoms with van der Waals surface area (Å²) in [6.07, 6.45) is 0.996. The van der Waals surface area contributed by atoms with E-state index in [2.05, 4.69) is 11.0 Å². The summed E-state index contributed by atoms with van der Waals surface area (Å²) in [5.41, 5.74) is 7.37. The molecular formula is C19H22N2O4. The van der Waals surface area contributed by atoms with Crippen LogP contribution < -0.4 is 11.0 Å². The normalized spacial score (nSPS) is 10.2. The first kappa shape index (κ1) is 18.6. The van der Waals surface area contributed by atoms with Crippen molar-refractivity contribution in [3.8, 4) is 0 Å². The van der Waals surface area contributed by atoms with Crippen molar-refractivity contribution < 1.29 is 19.3 Å². The van der Waals surface area contributed by atoms with Gasteiger partial charge in [-0.05, 0) is 24.0 Å². The Hall–Kier alpha value is -2.70. The van der Waals surface area contributed by atoms with E-state index in [4.69, 9.17) is 9.68 Å². The fourth-order valence-electron chi connectivity index (χ4n) is 2.13. The molecule has 0 unspecified atom stereocenters. The molecule has 2 aromatic rings. The zero-order chi connectivity index (χ0) is 17.7. The maximum atomic E-state index is 11.5. The molecule has 0 radical (unpaired) electrons. The van der Waals surface area contributed by atoms with Gasteiger partial charge < -0.3 is 9.68 Å². The Morgan fingerprint density at radius 3 is 1.48 bits per heavy atom. The largest absolute Gasteiger partial charge is 0.370 e. The van der Waals surface area contributed by atoms with E-state index >= 15 is 0 Å². The molecule has 0 fully saturated rings. The highest BCUT2D eigenvalue weighted by Crippen LogP contribution is 1.99. The molecule has 2 N–H and O–H groups in total. The summed E-state index contributed by atoms with van der Waals surface area (Å²) < 4.78 is 0. The summed E-state index contributed by atoms with van der Waals surface area (Å²) in [4.78, 5) is 32.6. The van der Waals surface area contributed by atoms with Crippen molar-refractivity contribution in [3.05, 3.63) is 71.8 Å². The van der Waals surface area contributed by atoms with Crippen molar-refractivity contribution in [1.29, 1.82) is 0 Å². The molecule has 0 saturated carbocycles. The molecule has 0 aliphatic heterocycles. The monoisotopic (exact) mass is 342 g/mol. The van der Waals surface area contributed by atoms with Gasteiger partial charge in [0.05, 0.1) is 0 Å². The Balaban J connectivity index is 1.50. The van der Waals surface area contributed by atoms with Gasteiger partial charge in [-0.3, -0.25) is 0 Å². The van der Waals surface area contributed by atoms with E-state index in [0.717, 1.165) is 24.0 Å². The third kappa shape index (κ3) is 8.10. The second-order valence-electron chi connectivity index (χ2n) is 5.38. The van der Waals surface area contributed by atoms with Crippen LogP contribution in [-0.4, -0.2) is 25.0 Å². The van der Waals surface area contributed by atoms with Crippen LogP contribution in [0.5, 0.6) is 0 Å². The third-order valence-corrected chi connectivity index (χ3v) is 3.38. The number of hydroxylamine groups is 2. The second kappa shape index (κ2) is 11.0. The third-order valence-electron chi connectivity index (χ3n) is 3.38. The van der Waals surface area contributed by atoms with E-state index < -0.39 is 18.4 Å². The number of hydrogen-bond donors (Lipinski definition) is 2. The van der Waals surface area contributed by atoms with E-state index in [1.165, 1.54) is 0 Å². The fourth-order valence-corrected chi connectivity index (χ4v) is 2.13. The molecular weight excluding hydrogens is 320 g/mol. The minimum atomic E-state index is -0.678. The van der Waals surface area contributed by atoms with Gasteiger partial charge in [0.1, 0.15) is 6.42 Å². The Labute approximate surface area is 147 Å². The number of hydrogen-bond acceptors (Lipinski definition) is 6. The minimum absolute atomic E-state index is 0.448. The predicted octanol–water partition coefficient (Wildman–Crippen LogP) is 1.96. The van der Waals surface area contributed by atoms with Crippen molar-refractivity contribution >= 4 is 11.9 Å². The molecule has 0 heterocycles. The van der Waals surface area contributed by atoms with Crippen LogP contribution >= 0.6 is 0 Å². The van der Waals surface area contributed by atoms with E-state index in [-0.39, 0.29) is 0 Å². The Bertz CT molecular complexity index is 589. The van der Waals surface area contributed by atoms with Gasteiger partial charge >= 0.3 is 11.9 Å². The quantitative estimate of drug-likeness (QED) is 0.390. The Kier molecular flexibility index (Phi) is 8.17. The van der Waals surface area contributed by atoms with E-state index in [1.807, 2.05) is 60.7 Å². The van der Waals surface area contributed by atoms with Gasteiger partial charge in [-0.1, -0.05) is 60.7 Å². The molecule has 0 bridgehead atoms. The van der Waals surface area contributed by atoms with E-state index in [0.29, 0.717) is 13.1 Å². The average molecular weight is 342 g/mol. The van der Waals surface area contributed by atoms with Gasteiger partial charge in [-0.25, -0.2) is 9.59 Å². The van der Waals surface area contributed by atoms with Crippen molar-refractivity contribution in [2.24, 2.45) is 0 Å². The first-order valence-corrected chi connectivity index (χ1v) is 8.17. The molecule has 0 atom stereocenters. The van der Waals surface area contributed by atoms with Gasteiger partial charge in [-0.2, -0.15) is 11.0 Å². The first-order chi connectivity index (χ1) is 12.2. The van der Waals surface area contributed by atoms with Crippen LogP contribution in [-0.2, 0) is 32.1 Å². The summed E-state index contributed by atoms with van der Waals surface area (Å²) in [7, 11) is 0. The molecule has 6 heteroatoms. The minimum Gasteiger partial charge on any atom is -0.370 e. The number of rotatable bonds is 10. The lowest BCUT2D eigenvalue weighted by Crippen LogP contribution is -2.27. The zero-order valence-corrected chi connectivity index (χ0v) is 13.9. The first-order valence-electron chi connectivity index (χ1n) is 8.17. The van der Waals surface area contributed by atoms with Crippen molar-refractivity contribution in [3.63, 3.8) is 0 Å². The van der Waals surface area contributed by atoms with Crippen LogP contribution in [0.3, 0.4) is 0 Å². The van der Waals surface area contributed by atoms with Crippen LogP contribution in [0.2, 0.25) is 0 Å². The second-order valence-corrected chi connectivity index (χ2v) is 5.38. The molecule has 0 spiro atoms. The summed E-state index contributed by atoms with van der Waals surface area (Å²) in [6.45, 7) is 0.945. The summed E-state index contributed by atoms with van der Waals surface area (Å²) in [5, 5.41) is 0. The topological polar surface area (TPSA) is 76.7 Å². The highest BCUT2D eigenvalue weighted by Gasteiger charge is 2.12. The SMILES string of the molecule is O=C(CC(=O)ONCCc1ccccc1)ONCCc1ccccc1. The summed E-state index contributed by atoms with van der Waals surface area (Å²) in [6, 6.07) is 19.6. The van der Waals surface area contributed by atoms with Gasteiger partial charge in [0, 0.05) is 13.1 Å². The van der Waals surface area contributed by atoms with Crippen LogP contribution in [0.25, 0.3) is 0 Å². The van der Waals surface area contributed by atoms with Crippen LogP contribution in [0.15, 0.2) is 60.7 Å². The van der Waals surface area contributed by atoms with Gasteiger partial charge in [-0.15, -0.1) is 0 Å². The lowest BCUT2D eigenvalue weighted by molar-refractivity contribution is -0.162. The lowest BCUT2D eigenvalue weighted by Gasteiger charge is -2.07. The van der Waals surface area contributed by atoms with Crippen LogP contribution in [0.1, 0.15) is 17.5 Å². The standard InChI is InChI=1S/C19H22N2O4/c22-18(24-20-13-11-16-7-3-1-4-8-16)15-19(23)25-21-14-12-17-9-5-2-6-10-17/h1-10,20-21H,11-15H2. The number of carbonyl (C=O) groups excluding carboxylic acids is 2. The van der Waals surface area contributed by atoms with Crippen molar-refractivity contribution in [2.75, 3.05) is 13.1 Å². The lowest BCUT2D eigenvalue weighted by atomic mass is 10.2. The molecule has 6 nitrogen and oxygen atoms in total. The molecule has 0 amide bonds. The number of nitrogens with one attached hydrogen (secondary N) is 2. The smallest absolute Gasteiger partial charge is 0.335 e.